The maximum atomic E-state index is 12.2. The highest BCUT2D eigenvalue weighted by molar-refractivity contribution is 6.03. The average molecular weight is 339 g/mol. The lowest BCUT2D eigenvalue weighted by Crippen LogP contribution is -2.10. The van der Waals surface area contributed by atoms with Gasteiger partial charge in [0.15, 0.2) is 11.5 Å². The summed E-state index contributed by atoms with van der Waals surface area (Å²) in [5, 5.41) is 2.76. The largest absolute Gasteiger partial charge is 0.465 e. The molecule has 0 saturated heterocycles. The van der Waals surface area contributed by atoms with E-state index in [-0.39, 0.29) is 12.7 Å². The van der Waals surface area contributed by atoms with Crippen LogP contribution in [0.3, 0.4) is 0 Å². The first-order valence-electron chi connectivity index (χ1n) is 7.64. The number of ether oxygens (including phenoxy) is 3. The molecule has 0 aliphatic carbocycles. The lowest BCUT2D eigenvalue weighted by molar-refractivity contribution is -0.111. The van der Waals surface area contributed by atoms with Crippen molar-refractivity contribution in [1.82, 2.24) is 0 Å². The van der Waals surface area contributed by atoms with Gasteiger partial charge in [-0.2, -0.15) is 0 Å². The molecule has 6 nitrogen and oxygen atoms in total. The Hall–Kier alpha value is -3.28. The van der Waals surface area contributed by atoms with E-state index in [1.165, 1.54) is 13.2 Å². The first-order valence-corrected chi connectivity index (χ1v) is 7.64. The number of methoxy groups -OCH3 is 1. The fourth-order valence-corrected chi connectivity index (χ4v) is 2.36. The minimum Gasteiger partial charge on any atom is -0.465 e. The Labute approximate surface area is 145 Å². The smallest absolute Gasteiger partial charge is 0.337 e. The summed E-state index contributed by atoms with van der Waals surface area (Å²) >= 11 is 0. The number of nitrogens with one attached hydrogen (secondary N) is 1. The summed E-state index contributed by atoms with van der Waals surface area (Å²) in [6, 6.07) is 10.4. The molecule has 1 N–H and O–H groups in total. The minimum absolute atomic E-state index is 0.207. The Morgan fingerprint density at radius 1 is 1.12 bits per heavy atom. The van der Waals surface area contributed by atoms with Gasteiger partial charge >= 0.3 is 5.97 Å². The second-order valence-corrected chi connectivity index (χ2v) is 5.46. The summed E-state index contributed by atoms with van der Waals surface area (Å²) in [6.45, 7) is 2.05. The fraction of sp³-hybridized carbons (Fsp3) is 0.158. The molecule has 0 spiro atoms. The van der Waals surface area contributed by atoms with Crippen LogP contribution in [0, 0.1) is 6.92 Å². The van der Waals surface area contributed by atoms with Crippen LogP contribution >= 0.6 is 0 Å². The summed E-state index contributed by atoms with van der Waals surface area (Å²) in [5.41, 5.74) is 2.60. The number of carbonyl (C=O) groups excluding carboxylic acids is 2. The summed E-state index contributed by atoms with van der Waals surface area (Å²) in [7, 11) is 1.31. The molecule has 3 rings (SSSR count). The van der Waals surface area contributed by atoms with Crippen LogP contribution in [0.25, 0.3) is 6.08 Å². The molecular weight excluding hydrogens is 322 g/mol. The standard InChI is InChI=1S/C19H17NO5/c1-12-3-6-14(19(22)23-2)10-15(12)20-18(21)8-5-13-4-7-16-17(9-13)25-11-24-16/h3-10H,11H2,1-2H3,(H,20,21)/b8-5+. The molecule has 0 radical (unpaired) electrons. The van der Waals surface area contributed by atoms with Gasteiger partial charge in [0.05, 0.1) is 12.7 Å². The van der Waals surface area contributed by atoms with Crippen molar-refractivity contribution in [1.29, 1.82) is 0 Å². The summed E-state index contributed by atoms with van der Waals surface area (Å²) in [4.78, 5) is 23.7. The summed E-state index contributed by atoms with van der Waals surface area (Å²) in [5.74, 6) is 0.593. The number of hydrogen-bond donors (Lipinski definition) is 1. The van der Waals surface area contributed by atoms with Crippen LogP contribution in [0.1, 0.15) is 21.5 Å². The SMILES string of the molecule is COC(=O)c1ccc(C)c(NC(=O)/C=C/c2ccc3c(c2)OCO3)c1. The molecule has 25 heavy (non-hydrogen) atoms. The van der Waals surface area contributed by atoms with E-state index in [1.807, 2.05) is 13.0 Å². The van der Waals surface area contributed by atoms with Gasteiger partial charge in [-0.25, -0.2) is 4.79 Å². The van der Waals surface area contributed by atoms with Crippen molar-refractivity contribution in [3.8, 4) is 11.5 Å². The van der Waals surface area contributed by atoms with Crippen molar-refractivity contribution >= 4 is 23.6 Å². The van der Waals surface area contributed by atoms with Crippen molar-refractivity contribution in [2.75, 3.05) is 19.2 Å². The van der Waals surface area contributed by atoms with Gasteiger partial charge in [0.1, 0.15) is 0 Å². The Kier molecular flexibility index (Phi) is 4.70. The van der Waals surface area contributed by atoms with Gasteiger partial charge in [-0.05, 0) is 48.4 Å². The normalized spacial score (nSPS) is 12.2. The van der Waals surface area contributed by atoms with E-state index >= 15 is 0 Å². The molecule has 6 heteroatoms. The van der Waals surface area contributed by atoms with E-state index in [0.717, 1.165) is 11.1 Å². The zero-order valence-electron chi connectivity index (χ0n) is 13.9. The molecule has 0 saturated carbocycles. The molecule has 2 aromatic rings. The number of hydrogen-bond acceptors (Lipinski definition) is 5. The van der Waals surface area contributed by atoms with Crippen LogP contribution in [-0.4, -0.2) is 25.8 Å². The molecular formula is C19H17NO5. The number of carbonyl (C=O) groups is 2. The van der Waals surface area contributed by atoms with E-state index in [0.29, 0.717) is 22.7 Å². The number of anilines is 1. The predicted octanol–water partition coefficient (Wildman–Crippen LogP) is 3.16. The molecule has 0 unspecified atom stereocenters. The lowest BCUT2D eigenvalue weighted by atomic mass is 10.1. The zero-order chi connectivity index (χ0) is 17.8. The Balaban J connectivity index is 1.71. The molecule has 1 aliphatic rings. The quantitative estimate of drug-likeness (QED) is 0.684. The number of rotatable bonds is 4. The first kappa shape index (κ1) is 16.6. The summed E-state index contributed by atoms with van der Waals surface area (Å²) in [6.07, 6.45) is 3.10. The monoisotopic (exact) mass is 339 g/mol. The van der Waals surface area contributed by atoms with Gasteiger partial charge in [0.2, 0.25) is 12.7 Å². The highest BCUT2D eigenvalue weighted by Gasteiger charge is 2.12. The third-order valence-corrected chi connectivity index (χ3v) is 3.74. The van der Waals surface area contributed by atoms with Gasteiger partial charge < -0.3 is 19.5 Å². The van der Waals surface area contributed by atoms with Crippen LogP contribution in [0.2, 0.25) is 0 Å². The first-order chi connectivity index (χ1) is 12.1. The second kappa shape index (κ2) is 7.09. The topological polar surface area (TPSA) is 73.9 Å². The fourth-order valence-electron chi connectivity index (χ4n) is 2.36. The van der Waals surface area contributed by atoms with Crippen molar-refractivity contribution < 1.29 is 23.8 Å². The van der Waals surface area contributed by atoms with Crippen molar-refractivity contribution in [2.45, 2.75) is 6.92 Å². The summed E-state index contributed by atoms with van der Waals surface area (Å²) < 4.78 is 15.2. The van der Waals surface area contributed by atoms with Gasteiger partial charge in [0.25, 0.3) is 0 Å². The molecule has 0 aromatic heterocycles. The second-order valence-electron chi connectivity index (χ2n) is 5.46. The van der Waals surface area contributed by atoms with Gasteiger partial charge in [0, 0.05) is 11.8 Å². The highest BCUT2D eigenvalue weighted by Crippen LogP contribution is 2.32. The number of aryl methyl sites for hydroxylation is 1. The Bertz CT molecular complexity index is 857. The lowest BCUT2D eigenvalue weighted by Gasteiger charge is -2.08. The molecule has 2 aromatic carbocycles. The average Bonchev–Trinajstić information content (AvgIpc) is 3.09. The van der Waals surface area contributed by atoms with Crippen molar-refractivity contribution in [2.24, 2.45) is 0 Å². The van der Waals surface area contributed by atoms with Crippen molar-refractivity contribution in [3.05, 3.63) is 59.2 Å². The van der Waals surface area contributed by atoms with Crippen molar-refractivity contribution in [3.63, 3.8) is 0 Å². The number of benzene rings is 2. The molecule has 0 bridgehead atoms. The zero-order valence-corrected chi connectivity index (χ0v) is 13.9. The Morgan fingerprint density at radius 2 is 1.92 bits per heavy atom. The van der Waals surface area contributed by atoms with Crippen LogP contribution in [-0.2, 0) is 9.53 Å². The Morgan fingerprint density at radius 3 is 2.72 bits per heavy atom. The molecule has 128 valence electrons. The van der Waals surface area contributed by atoms with E-state index in [9.17, 15) is 9.59 Å². The predicted molar refractivity (Wildman–Crippen MR) is 92.7 cm³/mol. The van der Waals surface area contributed by atoms with Crippen LogP contribution in [0.4, 0.5) is 5.69 Å². The molecule has 1 heterocycles. The minimum atomic E-state index is -0.452. The van der Waals surface area contributed by atoms with E-state index in [1.54, 1.807) is 36.4 Å². The van der Waals surface area contributed by atoms with E-state index in [4.69, 9.17) is 14.2 Å². The molecule has 1 amide bonds. The molecule has 1 aliphatic heterocycles. The number of amides is 1. The van der Waals surface area contributed by atoms with E-state index in [2.05, 4.69) is 5.32 Å². The van der Waals surface area contributed by atoms with Gasteiger partial charge in [-0.3, -0.25) is 4.79 Å². The van der Waals surface area contributed by atoms with Gasteiger partial charge in [-0.15, -0.1) is 0 Å². The molecule has 0 atom stereocenters. The molecule has 0 fully saturated rings. The maximum absolute atomic E-state index is 12.2. The van der Waals surface area contributed by atoms with Crippen LogP contribution in [0.15, 0.2) is 42.5 Å². The third kappa shape index (κ3) is 3.80. The number of fused-ring (bicyclic) bond motifs is 1. The van der Waals surface area contributed by atoms with E-state index < -0.39 is 5.97 Å². The third-order valence-electron chi connectivity index (χ3n) is 3.74. The van der Waals surface area contributed by atoms with Crippen LogP contribution < -0.4 is 14.8 Å². The van der Waals surface area contributed by atoms with Gasteiger partial charge in [-0.1, -0.05) is 12.1 Å². The number of esters is 1. The maximum Gasteiger partial charge on any atom is 0.337 e. The van der Waals surface area contributed by atoms with Crippen LogP contribution in [0.5, 0.6) is 11.5 Å². The highest BCUT2D eigenvalue weighted by atomic mass is 16.7.